The average Bonchev–Trinajstić information content (AvgIpc) is 2.89. The first kappa shape index (κ1) is 28.8. The highest BCUT2D eigenvalue weighted by molar-refractivity contribution is 5.92. The zero-order valence-corrected chi connectivity index (χ0v) is 21.5. The third kappa shape index (κ3) is 10.9. The molecule has 0 fully saturated rings. The molecule has 0 unspecified atom stereocenters. The lowest BCUT2D eigenvalue weighted by Gasteiger charge is -2.10. The van der Waals surface area contributed by atoms with Crippen molar-refractivity contribution in [1.82, 2.24) is 0 Å². The minimum absolute atomic E-state index is 0.278. The largest absolute Gasteiger partial charge is 0.462 e. The molecule has 6 nitrogen and oxygen atoms in total. The summed E-state index contributed by atoms with van der Waals surface area (Å²) in [6.07, 6.45) is 10.8. The molecule has 0 spiro atoms. The molecule has 0 N–H and O–H groups in total. The Labute approximate surface area is 214 Å². The van der Waals surface area contributed by atoms with E-state index < -0.39 is 11.9 Å². The number of hydrogen-bond acceptors (Lipinski definition) is 6. The van der Waals surface area contributed by atoms with E-state index in [1.54, 1.807) is 48.5 Å². The first-order valence-electron chi connectivity index (χ1n) is 12.8. The molecule has 0 heterocycles. The molecule has 194 valence electrons. The summed E-state index contributed by atoms with van der Waals surface area (Å²) in [4.78, 5) is 36.6. The lowest BCUT2D eigenvalue weighted by molar-refractivity contribution is -0.134. The zero-order valence-electron chi connectivity index (χ0n) is 21.5. The number of allylic oxidation sites excluding steroid dienone is 1. The quantitative estimate of drug-likeness (QED) is 0.105. The van der Waals surface area contributed by atoms with Gasteiger partial charge in [-0.2, -0.15) is 0 Å². The summed E-state index contributed by atoms with van der Waals surface area (Å²) < 4.78 is 16.0. The topological polar surface area (TPSA) is 78.9 Å². The number of rotatable bonds is 16. The number of ether oxygens (including phenoxy) is 3. The van der Waals surface area contributed by atoms with E-state index in [0.29, 0.717) is 41.6 Å². The molecule has 0 aliphatic carbocycles. The van der Waals surface area contributed by atoms with Crippen LogP contribution in [0.3, 0.4) is 0 Å². The molecular formula is C30H38O6. The summed E-state index contributed by atoms with van der Waals surface area (Å²) >= 11 is 0. The summed E-state index contributed by atoms with van der Waals surface area (Å²) in [5, 5.41) is 0. The van der Waals surface area contributed by atoms with Gasteiger partial charge in [0.1, 0.15) is 11.5 Å². The number of benzene rings is 2. The SMILES string of the molecule is C=CCCCCCCCCC(=O)Oc1ccc(C(=O)Oc2ccc(C(=O)OC[C@@H](C)CC)cc2)cc1. The summed E-state index contributed by atoms with van der Waals surface area (Å²) in [7, 11) is 0. The van der Waals surface area contributed by atoms with E-state index >= 15 is 0 Å². The van der Waals surface area contributed by atoms with Crippen LogP contribution in [-0.2, 0) is 9.53 Å². The van der Waals surface area contributed by atoms with Crippen LogP contribution < -0.4 is 9.47 Å². The minimum Gasteiger partial charge on any atom is -0.462 e. The highest BCUT2D eigenvalue weighted by Crippen LogP contribution is 2.18. The van der Waals surface area contributed by atoms with Crippen molar-refractivity contribution in [3.63, 3.8) is 0 Å². The number of carbonyl (C=O) groups is 3. The van der Waals surface area contributed by atoms with Gasteiger partial charge in [-0.05, 0) is 73.7 Å². The molecule has 0 radical (unpaired) electrons. The normalized spacial score (nSPS) is 11.4. The van der Waals surface area contributed by atoms with Crippen molar-refractivity contribution in [2.45, 2.75) is 71.6 Å². The average molecular weight is 495 g/mol. The predicted molar refractivity (Wildman–Crippen MR) is 140 cm³/mol. The van der Waals surface area contributed by atoms with Gasteiger partial charge in [-0.25, -0.2) is 9.59 Å². The molecule has 36 heavy (non-hydrogen) atoms. The van der Waals surface area contributed by atoms with Crippen molar-refractivity contribution in [1.29, 1.82) is 0 Å². The number of unbranched alkanes of at least 4 members (excludes halogenated alkanes) is 6. The Morgan fingerprint density at radius 2 is 1.31 bits per heavy atom. The van der Waals surface area contributed by atoms with Crippen molar-refractivity contribution >= 4 is 17.9 Å². The molecule has 0 aliphatic heterocycles. The van der Waals surface area contributed by atoms with Gasteiger partial charge in [-0.3, -0.25) is 4.79 Å². The van der Waals surface area contributed by atoms with Gasteiger partial charge in [0.05, 0.1) is 17.7 Å². The van der Waals surface area contributed by atoms with Crippen LogP contribution in [0.25, 0.3) is 0 Å². The first-order chi connectivity index (χ1) is 17.4. The number of hydrogen-bond donors (Lipinski definition) is 0. The smallest absolute Gasteiger partial charge is 0.343 e. The Morgan fingerprint density at radius 1 is 0.778 bits per heavy atom. The second-order valence-electron chi connectivity index (χ2n) is 8.97. The van der Waals surface area contributed by atoms with Crippen LogP contribution in [0.5, 0.6) is 11.5 Å². The van der Waals surface area contributed by atoms with Crippen molar-refractivity contribution < 1.29 is 28.6 Å². The number of carbonyl (C=O) groups excluding carboxylic acids is 3. The van der Waals surface area contributed by atoms with Crippen LogP contribution in [-0.4, -0.2) is 24.5 Å². The van der Waals surface area contributed by atoms with E-state index in [2.05, 4.69) is 6.58 Å². The molecule has 0 saturated heterocycles. The molecular weight excluding hydrogens is 456 g/mol. The Morgan fingerprint density at radius 3 is 1.89 bits per heavy atom. The second-order valence-corrected chi connectivity index (χ2v) is 8.97. The number of esters is 3. The maximum atomic E-state index is 12.4. The molecule has 0 saturated carbocycles. The van der Waals surface area contributed by atoms with Crippen molar-refractivity contribution in [3.8, 4) is 11.5 Å². The third-order valence-corrected chi connectivity index (χ3v) is 5.86. The van der Waals surface area contributed by atoms with E-state index in [9.17, 15) is 14.4 Å². The Balaban J connectivity index is 1.73. The first-order valence-corrected chi connectivity index (χ1v) is 12.8. The Bertz CT molecular complexity index is 962. The molecule has 2 rings (SSSR count). The summed E-state index contributed by atoms with van der Waals surface area (Å²) in [5.41, 5.74) is 0.719. The van der Waals surface area contributed by atoms with E-state index in [1.807, 2.05) is 19.9 Å². The predicted octanol–water partition coefficient (Wildman–Crippen LogP) is 7.32. The van der Waals surface area contributed by atoms with Gasteiger partial charge in [0, 0.05) is 6.42 Å². The van der Waals surface area contributed by atoms with Crippen LogP contribution in [0.1, 0.15) is 92.4 Å². The van der Waals surface area contributed by atoms with E-state index in [0.717, 1.165) is 32.1 Å². The van der Waals surface area contributed by atoms with E-state index in [1.165, 1.54) is 19.3 Å². The van der Waals surface area contributed by atoms with Crippen molar-refractivity contribution in [2.75, 3.05) is 6.61 Å². The fourth-order valence-electron chi connectivity index (χ4n) is 3.35. The Hall–Kier alpha value is -3.41. The van der Waals surface area contributed by atoms with Crippen molar-refractivity contribution in [2.24, 2.45) is 5.92 Å². The molecule has 0 bridgehead atoms. The minimum atomic E-state index is -0.548. The van der Waals surface area contributed by atoms with Crippen LogP contribution >= 0.6 is 0 Å². The fraction of sp³-hybridized carbons (Fsp3) is 0.433. The highest BCUT2D eigenvalue weighted by atomic mass is 16.5. The zero-order chi connectivity index (χ0) is 26.2. The molecule has 2 aromatic carbocycles. The molecule has 0 aromatic heterocycles. The summed E-state index contributed by atoms with van der Waals surface area (Å²) in [6, 6.07) is 12.5. The summed E-state index contributed by atoms with van der Waals surface area (Å²) in [5.74, 6) is -0.224. The van der Waals surface area contributed by atoms with Gasteiger partial charge < -0.3 is 14.2 Å². The van der Waals surface area contributed by atoms with Gasteiger partial charge in [0.25, 0.3) is 0 Å². The molecule has 6 heteroatoms. The Kier molecular flexibility index (Phi) is 13.0. The fourth-order valence-corrected chi connectivity index (χ4v) is 3.35. The highest BCUT2D eigenvalue weighted by Gasteiger charge is 2.13. The van der Waals surface area contributed by atoms with Gasteiger partial charge >= 0.3 is 17.9 Å². The maximum Gasteiger partial charge on any atom is 0.343 e. The van der Waals surface area contributed by atoms with Gasteiger partial charge in [-0.15, -0.1) is 6.58 Å². The molecule has 2 aromatic rings. The third-order valence-electron chi connectivity index (χ3n) is 5.86. The summed E-state index contributed by atoms with van der Waals surface area (Å²) in [6.45, 7) is 8.15. The van der Waals surface area contributed by atoms with Crippen molar-refractivity contribution in [3.05, 3.63) is 72.3 Å². The lowest BCUT2D eigenvalue weighted by atomic mass is 10.1. The van der Waals surface area contributed by atoms with Gasteiger partial charge in [-0.1, -0.05) is 52.0 Å². The molecule has 0 amide bonds. The monoisotopic (exact) mass is 494 g/mol. The van der Waals surface area contributed by atoms with Crippen LogP contribution in [0.2, 0.25) is 0 Å². The maximum absolute atomic E-state index is 12.4. The van der Waals surface area contributed by atoms with E-state index in [4.69, 9.17) is 14.2 Å². The second kappa shape index (κ2) is 16.3. The van der Waals surface area contributed by atoms with Crippen LogP contribution in [0, 0.1) is 5.92 Å². The van der Waals surface area contributed by atoms with Gasteiger partial charge in [0.15, 0.2) is 0 Å². The van der Waals surface area contributed by atoms with Crippen LogP contribution in [0.15, 0.2) is 61.2 Å². The van der Waals surface area contributed by atoms with Crippen LogP contribution in [0.4, 0.5) is 0 Å². The molecule has 1 atom stereocenters. The lowest BCUT2D eigenvalue weighted by Crippen LogP contribution is -2.12. The molecule has 0 aliphatic rings. The van der Waals surface area contributed by atoms with E-state index in [-0.39, 0.29) is 5.97 Å². The standard InChI is InChI=1S/C30H38O6/c1-4-6-7-8-9-10-11-12-13-28(31)35-26-18-16-25(17-19-26)30(33)36-27-20-14-24(15-21-27)29(32)34-22-23(3)5-2/h4,14-21,23H,1,5-13,22H2,2-3H3/t23-/m0/s1. The van der Waals surface area contributed by atoms with Gasteiger partial charge in [0.2, 0.25) is 0 Å².